The number of thiophene rings is 1. The van der Waals surface area contributed by atoms with Crippen LogP contribution in [0.3, 0.4) is 0 Å². The molecule has 1 aliphatic rings. The molecule has 0 aliphatic carbocycles. The summed E-state index contributed by atoms with van der Waals surface area (Å²) in [4.78, 5) is 20.6. The highest BCUT2D eigenvalue weighted by Crippen LogP contribution is 2.32. The van der Waals surface area contributed by atoms with Crippen LogP contribution in [-0.2, 0) is 23.0 Å². The standard InChI is InChI=1S/C25H22N4O3S2/c30-25(18-5-7-21(8-6-18)34(31,32)28-20-9-13-26-14-10-20)27-22-3-1-2-4-23(22)29-15-11-24-19(17-29)12-16-33-24/h1-10,12-14,16H,11,15,17H2,(H,26,28)(H,27,30). The van der Waals surface area contributed by atoms with Gasteiger partial charge in [-0.3, -0.25) is 14.5 Å². The van der Waals surface area contributed by atoms with Gasteiger partial charge in [-0.2, -0.15) is 0 Å². The highest BCUT2D eigenvalue weighted by atomic mass is 32.2. The molecule has 172 valence electrons. The maximum absolute atomic E-state index is 13.0. The Labute approximate surface area is 202 Å². The van der Waals surface area contributed by atoms with Crippen LogP contribution >= 0.6 is 11.3 Å². The minimum atomic E-state index is -3.77. The van der Waals surface area contributed by atoms with E-state index >= 15 is 0 Å². The summed E-state index contributed by atoms with van der Waals surface area (Å²) in [7, 11) is -3.77. The molecule has 0 atom stereocenters. The Kier molecular flexibility index (Phi) is 6.04. The van der Waals surface area contributed by atoms with E-state index in [1.807, 2.05) is 24.3 Å². The van der Waals surface area contributed by atoms with Gasteiger partial charge in [0.2, 0.25) is 0 Å². The largest absolute Gasteiger partial charge is 0.365 e. The molecule has 5 rings (SSSR count). The molecule has 0 saturated carbocycles. The van der Waals surface area contributed by atoms with E-state index in [4.69, 9.17) is 0 Å². The number of carbonyl (C=O) groups excluding carboxylic acids is 1. The minimum Gasteiger partial charge on any atom is -0.365 e. The Morgan fingerprint density at radius 3 is 2.53 bits per heavy atom. The number of anilines is 3. The SMILES string of the molecule is O=C(Nc1ccccc1N1CCc2sccc2C1)c1ccc(S(=O)(=O)Nc2ccncc2)cc1. The molecule has 7 nitrogen and oxygen atoms in total. The number of hydrogen-bond donors (Lipinski definition) is 2. The predicted octanol–water partition coefficient (Wildman–Crippen LogP) is 4.76. The molecule has 1 amide bonds. The molecule has 0 fully saturated rings. The second kappa shape index (κ2) is 9.28. The van der Waals surface area contributed by atoms with Gasteiger partial charge in [0.15, 0.2) is 0 Å². The molecule has 4 aromatic rings. The van der Waals surface area contributed by atoms with Crippen LogP contribution in [0.5, 0.6) is 0 Å². The zero-order chi connectivity index (χ0) is 23.5. The van der Waals surface area contributed by atoms with Gasteiger partial charge in [-0.1, -0.05) is 12.1 Å². The summed E-state index contributed by atoms with van der Waals surface area (Å²) >= 11 is 1.79. The van der Waals surface area contributed by atoms with Gasteiger partial charge in [-0.05, 0) is 72.0 Å². The average molecular weight is 491 g/mol. The summed E-state index contributed by atoms with van der Waals surface area (Å²) in [5.41, 5.74) is 3.81. The van der Waals surface area contributed by atoms with Crippen molar-refractivity contribution in [3.05, 3.63) is 101 Å². The van der Waals surface area contributed by atoms with Crippen molar-refractivity contribution in [2.75, 3.05) is 21.5 Å². The number of carbonyl (C=O) groups is 1. The molecule has 34 heavy (non-hydrogen) atoms. The maximum Gasteiger partial charge on any atom is 0.261 e. The number of nitrogens with zero attached hydrogens (tertiary/aromatic N) is 2. The number of sulfonamides is 1. The van der Waals surface area contributed by atoms with E-state index in [2.05, 4.69) is 31.4 Å². The predicted molar refractivity (Wildman–Crippen MR) is 135 cm³/mol. The van der Waals surface area contributed by atoms with Gasteiger partial charge in [-0.15, -0.1) is 11.3 Å². The summed E-state index contributed by atoms with van der Waals surface area (Å²) in [5.74, 6) is -0.299. The van der Waals surface area contributed by atoms with Crippen molar-refractivity contribution in [3.63, 3.8) is 0 Å². The van der Waals surface area contributed by atoms with Crippen LogP contribution in [0.15, 0.2) is 89.4 Å². The smallest absolute Gasteiger partial charge is 0.261 e. The highest BCUT2D eigenvalue weighted by Gasteiger charge is 2.21. The van der Waals surface area contributed by atoms with Gasteiger partial charge in [0.1, 0.15) is 0 Å². The van der Waals surface area contributed by atoms with Crippen molar-refractivity contribution in [1.82, 2.24) is 4.98 Å². The second-order valence-electron chi connectivity index (χ2n) is 7.88. The molecule has 0 radical (unpaired) electrons. The van der Waals surface area contributed by atoms with Crippen LogP contribution in [0.2, 0.25) is 0 Å². The van der Waals surface area contributed by atoms with Gasteiger partial charge < -0.3 is 10.2 Å². The topological polar surface area (TPSA) is 91.4 Å². The molecule has 2 aromatic heterocycles. The van der Waals surface area contributed by atoms with Crippen LogP contribution < -0.4 is 14.9 Å². The third-order valence-corrected chi connectivity index (χ3v) is 8.08. The first-order chi connectivity index (χ1) is 16.5. The number of pyridine rings is 1. The third-order valence-electron chi connectivity index (χ3n) is 5.66. The molecule has 0 bridgehead atoms. The lowest BCUT2D eigenvalue weighted by atomic mass is 10.1. The normalized spacial score (nSPS) is 13.2. The summed E-state index contributed by atoms with van der Waals surface area (Å²) in [6.07, 6.45) is 4.00. The fourth-order valence-corrected chi connectivity index (χ4v) is 5.87. The molecule has 0 saturated heterocycles. The van der Waals surface area contributed by atoms with E-state index in [1.54, 1.807) is 23.5 Å². The van der Waals surface area contributed by atoms with Crippen LogP contribution in [0.25, 0.3) is 0 Å². The molecular weight excluding hydrogens is 468 g/mol. The summed E-state index contributed by atoms with van der Waals surface area (Å²) < 4.78 is 27.7. The number of fused-ring (bicyclic) bond motifs is 1. The third kappa shape index (κ3) is 4.66. The minimum absolute atomic E-state index is 0.0705. The molecule has 9 heteroatoms. The van der Waals surface area contributed by atoms with Crippen molar-refractivity contribution in [1.29, 1.82) is 0 Å². The van der Waals surface area contributed by atoms with Crippen molar-refractivity contribution < 1.29 is 13.2 Å². The van der Waals surface area contributed by atoms with E-state index in [0.717, 1.165) is 30.9 Å². The molecule has 0 unspecified atom stereocenters. The Bertz CT molecular complexity index is 1420. The number of nitrogens with one attached hydrogen (secondary N) is 2. The summed E-state index contributed by atoms with van der Waals surface area (Å²) in [6.45, 7) is 1.69. The van der Waals surface area contributed by atoms with Gasteiger partial charge >= 0.3 is 0 Å². The summed E-state index contributed by atoms with van der Waals surface area (Å²) in [6, 6.07) is 18.9. The summed E-state index contributed by atoms with van der Waals surface area (Å²) in [5, 5.41) is 5.11. The zero-order valence-corrected chi connectivity index (χ0v) is 19.8. The number of aromatic nitrogens is 1. The van der Waals surface area contributed by atoms with Gasteiger partial charge in [0.05, 0.1) is 22.0 Å². The van der Waals surface area contributed by atoms with Crippen molar-refractivity contribution in [2.45, 2.75) is 17.9 Å². The fraction of sp³-hybridized carbons (Fsp3) is 0.120. The number of hydrogen-bond acceptors (Lipinski definition) is 6. The van der Waals surface area contributed by atoms with Gasteiger partial charge in [-0.25, -0.2) is 8.42 Å². The average Bonchev–Trinajstić information content (AvgIpc) is 3.33. The highest BCUT2D eigenvalue weighted by molar-refractivity contribution is 7.92. The molecule has 2 N–H and O–H groups in total. The lowest BCUT2D eigenvalue weighted by Crippen LogP contribution is -2.30. The second-order valence-corrected chi connectivity index (χ2v) is 10.6. The lowest BCUT2D eigenvalue weighted by molar-refractivity contribution is 0.102. The number of amides is 1. The molecular formula is C25H22N4O3S2. The van der Waals surface area contributed by atoms with Gasteiger partial charge in [0.25, 0.3) is 15.9 Å². The molecule has 0 spiro atoms. The number of para-hydroxylation sites is 2. The van der Waals surface area contributed by atoms with Gasteiger partial charge in [0, 0.05) is 35.9 Å². The first-order valence-corrected chi connectivity index (χ1v) is 13.1. The first-order valence-electron chi connectivity index (χ1n) is 10.7. The Balaban J connectivity index is 1.31. The quantitative estimate of drug-likeness (QED) is 0.407. The van der Waals surface area contributed by atoms with Crippen molar-refractivity contribution in [2.24, 2.45) is 0 Å². The van der Waals surface area contributed by atoms with E-state index < -0.39 is 10.0 Å². The van der Waals surface area contributed by atoms with E-state index in [-0.39, 0.29) is 10.8 Å². The molecule has 3 heterocycles. The zero-order valence-electron chi connectivity index (χ0n) is 18.1. The van der Waals surface area contributed by atoms with Crippen LogP contribution in [0.4, 0.5) is 17.1 Å². The molecule has 2 aromatic carbocycles. The number of benzene rings is 2. The Hall–Kier alpha value is -3.69. The van der Waals surface area contributed by atoms with Crippen molar-refractivity contribution in [3.8, 4) is 0 Å². The Morgan fingerprint density at radius 2 is 1.74 bits per heavy atom. The monoisotopic (exact) mass is 490 g/mol. The van der Waals surface area contributed by atoms with Crippen LogP contribution in [-0.4, -0.2) is 25.9 Å². The fourth-order valence-electron chi connectivity index (χ4n) is 3.92. The van der Waals surface area contributed by atoms with E-state index in [0.29, 0.717) is 11.3 Å². The van der Waals surface area contributed by atoms with E-state index in [9.17, 15) is 13.2 Å². The van der Waals surface area contributed by atoms with Crippen molar-refractivity contribution >= 4 is 44.3 Å². The maximum atomic E-state index is 13.0. The molecule has 1 aliphatic heterocycles. The van der Waals surface area contributed by atoms with Crippen LogP contribution in [0.1, 0.15) is 20.8 Å². The van der Waals surface area contributed by atoms with Crippen LogP contribution in [0, 0.1) is 0 Å². The first kappa shape index (κ1) is 22.1. The lowest BCUT2D eigenvalue weighted by Gasteiger charge is -2.30. The number of rotatable bonds is 6. The Morgan fingerprint density at radius 1 is 0.971 bits per heavy atom. The van der Waals surface area contributed by atoms with E-state index in [1.165, 1.54) is 47.1 Å².